The molecule has 0 aromatic heterocycles. The van der Waals surface area contributed by atoms with Gasteiger partial charge in [0.1, 0.15) is 11.8 Å². The minimum Gasteiger partial charge on any atom is -0.508 e. The predicted molar refractivity (Wildman–Crippen MR) is 160 cm³/mol. The highest BCUT2D eigenvalue weighted by atomic mass is 32.2. The lowest BCUT2D eigenvalue weighted by Crippen LogP contribution is -2.58. The number of phenols is 1. The molecule has 4 rings (SSSR count). The van der Waals surface area contributed by atoms with Crippen molar-refractivity contribution in [3.8, 4) is 5.75 Å². The largest absolute Gasteiger partial charge is 0.508 e. The summed E-state index contributed by atoms with van der Waals surface area (Å²) in [6.45, 7) is 7.74. The number of aromatic hydroxyl groups is 1. The molecular weight excluding hydrogens is 538 g/mol. The van der Waals surface area contributed by atoms with Gasteiger partial charge in [-0.05, 0) is 57.4 Å². The monoisotopic (exact) mass is 575 g/mol. The maximum absolute atomic E-state index is 13.8. The topological polar surface area (TPSA) is 119 Å². The summed E-state index contributed by atoms with van der Waals surface area (Å²) in [4.78, 5) is 41.9. The quantitative estimate of drug-likeness (QED) is 0.309. The van der Waals surface area contributed by atoms with Gasteiger partial charge in [-0.3, -0.25) is 14.4 Å². The fourth-order valence-electron chi connectivity index (χ4n) is 4.97. The Hall–Kier alpha value is -3.82. The average Bonchev–Trinajstić information content (AvgIpc) is 3.28. The minimum absolute atomic E-state index is 0.0234. The van der Waals surface area contributed by atoms with Crippen LogP contribution < -0.4 is 10.6 Å². The second-order valence-corrected chi connectivity index (χ2v) is 12.6. The lowest BCUT2D eigenvalue weighted by Gasteiger charge is -2.33. The summed E-state index contributed by atoms with van der Waals surface area (Å²) in [5, 5.41) is 27.3. The molecule has 3 aromatic carbocycles. The number of carbonyl (C=O) groups excluding carboxylic acids is 3. The number of aliphatic hydroxyl groups excluding tert-OH is 1. The molecule has 0 spiro atoms. The highest BCUT2D eigenvalue weighted by Crippen LogP contribution is 2.40. The maximum atomic E-state index is 13.8. The second kappa shape index (κ2) is 12.8. The summed E-state index contributed by atoms with van der Waals surface area (Å²) in [5.41, 5.74) is 3.52. The Bertz CT molecular complexity index is 1390. The van der Waals surface area contributed by atoms with Crippen molar-refractivity contribution in [2.24, 2.45) is 0 Å². The number of hydrogen-bond acceptors (Lipinski definition) is 6. The van der Waals surface area contributed by atoms with Crippen LogP contribution in [0.4, 0.5) is 0 Å². The molecule has 1 aliphatic heterocycles. The van der Waals surface area contributed by atoms with Crippen LogP contribution in [-0.2, 0) is 22.6 Å². The molecule has 216 valence electrons. The van der Waals surface area contributed by atoms with Crippen LogP contribution >= 0.6 is 11.8 Å². The van der Waals surface area contributed by atoms with Crippen molar-refractivity contribution in [1.82, 2.24) is 15.5 Å². The molecular formula is C32H37N3O5S. The molecule has 8 nitrogen and oxygen atoms in total. The summed E-state index contributed by atoms with van der Waals surface area (Å²) in [6.07, 6.45) is -1.43. The standard InChI is InChI=1S/C32H37N3O5S/c1-20-13-15-23(16-14-20)18-33-30(39)28-32(3,4)41-19-35(28)31(40)27(37)25(17-22-9-6-5-7-10-22)34-29(38)24-11-8-12-26(36)21(24)2/h5-16,25,27-28,36-37H,17-19H2,1-4H3,(H,33,39)(H,34,38)/t25-,27-,28?/m0/s1. The van der Waals surface area contributed by atoms with Crippen LogP contribution in [0.3, 0.4) is 0 Å². The van der Waals surface area contributed by atoms with Crippen molar-refractivity contribution in [2.45, 2.75) is 63.6 Å². The summed E-state index contributed by atoms with van der Waals surface area (Å²) in [7, 11) is 0. The van der Waals surface area contributed by atoms with Gasteiger partial charge in [0.15, 0.2) is 6.10 Å². The van der Waals surface area contributed by atoms with E-state index in [4.69, 9.17) is 0 Å². The van der Waals surface area contributed by atoms with Crippen LogP contribution in [-0.4, -0.2) is 61.6 Å². The molecule has 3 atom stereocenters. The normalized spacial score (nSPS) is 17.5. The third-order valence-electron chi connectivity index (χ3n) is 7.46. The van der Waals surface area contributed by atoms with Gasteiger partial charge >= 0.3 is 0 Å². The van der Waals surface area contributed by atoms with Crippen LogP contribution in [0.25, 0.3) is 0 Å². The van der Waals surface area contributed by atoms with Crippen molar-refractivity contribution < 1.29 is 24.6 Å². The van der Waals surface area contributed by atoms with E-state index in [0.717, 1.165) is 16.7 Å². The van der Waals surface area contributed by atoms with Gasteiger partial charge in [-0.1, -0.05) is 66.2 Å². The van der Waals surface area contributed by atoms with Crippen LogP contribution in [0.1, 0.15) is 46.5 Å². The second-order valence-electron chi connectivity index (χ2n) is 11.0. The number of nitrogens with zero attached hydrogens (tertiary/aromatic N) is 1. The van der Waals surface area contributed by atoms with E-state index in [1.54, 1.807) is 19.1 Å². The Morgan fingerprint density at radius 2 is 1.66 bits per heavy atom. The summed E-state index contributed by atoms with van der Waals surface area (Å²) < 4.78 is -0.594. The molecule has 1 saturated heterocycles. The van der Waals surface area contributed by atoms with Gasteiger partial charge in [-0.2, -0.15) is 0 Å². The number of benzene rings is 3. The highest BCUT2D eigenvalue weighted by Gasteiger charge is 2.49. The van der Waals surface area contributed by atoms with E-state index >= 15 is 0 Å². The molecule has 1 unspecified atom stereocenters. The number of aliphatic hydroxyl groups is 1. The molecule has 0 bridgehead atoms. The SMILES string of the molecule is Cc1ccc(CNC(=O)C2N(C(=O)[C@@H](O)[C@H](Cc3ccccc3)NC(=O)c3cccc(O)c3C)CSC2(C)C)cc1. The Labute approximate surface area is 245 Å². The first-order valence-corrected chi connectivity index (χ1v) is 14.6. The fourth-order valence-corrected chi connectivity index (χ4v) is 6.11. The van der Waals surface area contributed by atoms with E-state index in [-0.39, 0.29) is 29.5 Å². The lowest BCUT2D eigenvalue weighted by molar-refractivity contribution is -0.147. The molecule has 0 radical (unpaired) electrons. The highest BCUT2D eigenvalue weighted by molar-refractivity contribution is 8.00. The molecule has 3 amide bonds. The van der Waals surface area contributed by atoms with Crippen LogP contribution in [0, 0.1) is 13.8 Å². The zero-order valence-corrected chi connectivity index (χ0v) is 24.6. The molecule has 1 aliphatic rings. The first-order valence-electron chi connectivity index (χ1n) is 13.6. The number of nitrogens with one attached hydrogen (secondary N) is 2. The maximum Gasteiger partial charge on any atom is 0.254 e. The van der Waals surface area contributed by atoms with Crippen LogP contribution in [0.2, 0.25) is 0 Å². The number of carbonyl (C=O) groups is 3. The van der Waals surface area contributed by atoms with Crippen LogP contribution in [0.15, 0.2) is 72.8 Å². The smallest absolute Gasteiger partial charge is 0.254 e. The lowest BCUT2D eigenvalue weighted by atomic mass is 9.96. The predicted octanol–water partition coefficient (Wildman–Crippen LogP) is 3.71. The van der Waals surface area contributed by atoms with Crippen molar-refractivity contribution in [2.75, 3.05) is 5.88 Å². The van der Waals surface area contributed by atoms with Crippen LogP contribution in [0.5, 0.6) is 5.75 Å². The Kier molecular flexibility index (Phi) is 9.40. The minimum atomic E-state index is -1.61. The zero-order valence-electron chi connectivity index (χ0n) is 23.8. The van der Waals surface area contributed by atoms with Crippen molar-refractivity contribution >= 4 is 29.5 Å². The van der Waals surface area contributed by atoms with E-state index in [9.17, 15) is 24.6 Å². The molecule has 3 aromatic rings. The van der Waals surface area contributed by atoms with E-state index in [2.05, 4.69) is 10.6 Å². The van der Waals surface area contributed by atoms with Gasteiger partial charge in [-0.15, -0.1) is 11.8 Å². The van der Waals surface area contributed by atoms with E-state index < -0.39 is 34.7 Å². The van der Waals surface area contributed by atoms with E-state index in [1.165, 1.54) is 22.7 Å². The zero-order chi connectivity index (χ0) is 29.7. The summed E-state index contributed by atoms with van der Waals surface area (Å²) >= 11 is 1.46. The van der Waals surface area contributed by atoms with Gasteiger partial charge < -0.3 is 25.7 Å². The first-order chi connectivity index (χ1) is 19.5. The molecule has 9 heteroatoms. The number of hydrogen-bond donors (Lipinski definition) is 4. The van der Waals surface area contributed by atoms with Crippen molar-refractivity contribution in [1.29, 1.82) is 0 Å². The van der Waals surface area contributed by atoms with Gasteiger partial charge in [0.25, 0.3) is 11.8 Å². The summed E-state index contributed by atoms with van der Waals surface area (Å²) in [6, 6.07) is 19.9. The van der Waals surface area contributed by atoms with Gasteiger partial charge in [0.2, 0.25) is 5.91 Å². The van der Waals surface area contributed by atoms with Gasteiger partial charge in [-0.25, -0.2) is 0 Å². The summed E-state index contributed by atoms with van der Waals surface area (Å²) in [5.74, 6) is -1.25. The van der Waals surface area contributed by atoms with E-state index in [1.807, 2.05) is 75.4 Å². The number of amides is 3. The number of phenolic OH excluding ortho intramolecular Hbond substituents is 1. The van der Waals surface area contributed by atoms with E-state index in [0.29, 0.717) is 12.1 Å². The number of aryl methyl sites for hydroxylation is 1. The molecule has 0 aliphatic carbocycles. The van der Waals surface area contributed by atoms with Gasteiger partial charge in [0.05, 0.1) is 11.9 Å². The number of thioether (sulfide) groups is 1. The molecule has 1 fully saturated rings. The van der Waals surface area contributed by atoms with Gasteiger partial charge in [0, 0.05) is 22.4 Å². The Balaban J connectivity index is 1.55. The Morgan fingerprint density at radius 3 is 2.34 bits per heavy atom. The molecule has 0 saturated carbocycles. The molecule has 41 heavy (non-hydrogen) atoms. The first kappa shape index (κ1) is 30.1. The van der Waals surface area contributed by atoms with Crippen molar-refractivity contribution in [3.63, 3.8) is 0 Å². The molecule has 4 N–H and O–H groups in total. The average molecular weight is 576 g/mol. The third kappa shape index (κ3) is 7.10. The fraction of sp³-hybridized carbons (Fsp3) is 0.344. The third-order valence-corrected chi connectivity index (χ3v) is 8.84. The Morgan fingerprint density at radius 1 is 0.976 bits per heavy atom. The van der Waals surface area contributed by atoms with Crippen molar-refractivity contribution in [3.05, 3.63) is 101 Å². The number of rotatable bonds is 9. The molecule has 1 heterocycles.